The Morgan fingerprint density at radius 1 is 1.24 bits per heavy atom. The Morgan fingerprint density at radius 3 is 2.48 bits per heavy atom. The summed E-state index contributed by atoms with van der Waals surface area (Å²) in [5.74, 6) is -3.65. The Kier molecular flexibility index (Phi) is 4.45. The maximum atomic E-state index is 14.2. The van der Waals surface area contributed by atoms with Crippen LogP contribution in [0.15, 0.2) is 48.0 Å². The van der Waals surface area contributed by atoms with Crippen LogP contribution < -0.4 is 5.56 Å². The zero-order valence-electron chi connectivity index (χ0n) is 12.6. The third-order valence-electron chi connectivity index (χ3n) is 3.38. The fourth-order valence-electron chi connectivity index (χ4n) is 2.38. The molecule has 2 aromatic heterocycles. The van der Waals surface area contributed by atoms with Gasteiger partial charge in [-0.2, -0.15) is 5.10 Å². The number of rotatable bonds is 4. The van der Waals surface area contributed by atoms with E-state index in [0.29, 0.717) is 12.1 Å². The van der Waals surface area contributed by atoms with Crippen LogP contribution in [-0.4, -0.2) is 19.3 Å². The molecule has 0 aliphatic heterocycles. The lowest BCUT2D eigenvalue weighted by atomic mass is 10.1. The van der Waals surface area contributed by atoms with Crippen molar-refractivity contribution in [3.05, 3.63) is 76.2 Å². The number of allylic oxidation sites excluding steroid dienone is 1. The molecule has 0 bridgehead atoms. The normalized spacial score (nSPS) is 10.9. The van der Waals surface area contributed by atoms with Crippen molar-refractivity contribution in [1.82, 2.24) is 19.3 Å². The van der Waals surface area contributed by atoms with E-state index in [1.807, 2.05) is 0 Å². The van der Waals surface area contributed by atoms with Crippen LogP contribution in [-0.2, 0) is 6.54 Å². The van der Waals surface area contributed by atoms with E-state index in [-0.39, 0.29) is 23.2 Å². The van der Waals surface area contributed by atoms with Gasteiger partial charge in [0.25, 0.3) is 5.56 Å². The van der Waals surface area contributed by atoms with Gasteiger partial charge in [-0.1, -0.05) is 17.7 Å². The van der Waals surface area contributed by atoms with Crippen molar-refractivity contribution in [3.63, 3.8) is 0 Å². The molecular formula is C16H10ClF3N4O. The van der Waals surface area contributed by atoms with Crippen molar-refractivity contribution in [2.24, 2.45) is 0 Å². The summed E-state index contributed by atoms with van der Waals surface area (Å²) in [7, 11) is 0. The molecule has 3 rings (SSSR count). The van der Waals surface area contributed by atoms with Gasteiger partial charge in [0.2, 0.25) is 5.82 Å². The first-order chi connectivity index (χ1) is 11.9. The minimum atomic E-state index is -1.20. The zero-order chi connectivity index (χ0) is 18.1. The summed E-state index contributed by atoms with van der Waals surface area (Å²) in [6.45, 7) is 3.42. The van der Waals surface area contributed by atoms with E-state index in [2.05, 4.69) is 16.7 Å². The van der Waals surface area contributed by atoms with Gasteiger partial charge in [-0.25, -0.2) is 22.8 Å². The molecule has 0 saturated heterocycles. The van der Waals surface area contributed by atoms with Crippen LogP contribution in [0.3, 0.4) is 0 Å². The lowest BCUT2D eigenvalue weighted by Crippen LogP contribution is -2.28. The molecule has 0 spiro atoms. The van der Waals surface area contributed by atoms with Crippen molar-refractivity contribution < 1.29 is 13.2 Å². The molecule has 25 heavy (non-hydrogen) atoms. The van der Waals surface area contributed by atoms with E-state index in [9.17, 15) is 18.0 Å². The average Bonchev–Trinajstić information content (AvgIpc) is 3.06. The van der Waals surface area contributed by atoms with Crippen LogP contribution in [0, 0.1) is 17.5 Å². The molecule has 0 unspecified atom stereocenters. The molecule has 0 N–H and O–H groups in total. The Morgan fingerprint density at radius 2 is 1.92 bits per heavy atom. The topological polar surface area (TPSA) is 52.7 Å². The number of halogens is 4. The third-order valence-corrected chi connectivity index (χ3v) is 3.65. The fourth-order valence-corrected chi connectivity index (χ4v) is 2.66. The molecule has 0 radical (unpaired) electrons. The molecular weight excluding hydrogens is 357 g/mol. The minimum absolute atomic E-state index is 0.0963. The predicted octanol–water partition coefficient (Wildman–Crippen LogP) is 3.35. The van der Waals surface area contributed by atoms with E-state index in [1.165, 1.54) is 23.2 Å². The van der Waals surface area contributed by atoms with Crippen molar-refractivity contribution in [2.45, 2.75) is 6.54 Å². The Hall–Kier alpha value is -2.87. The number of nitrogens with zero attached hydrogens (tertiary/aromatic N) is 4. The van der Waals surface area contributed by atoms with Crippen molar-refractivity contribution >= 4 is 11.6 Å². The van der Waals surface area contributed by atoms with Crippen LogP contribution in [0.25, 0.3) is 17.1 Å². The van der Waals surface area contributed by atoms with E-state index >= 15 is 0 Å². The molecule has 1 aromatic carbocycles. The average molecular weight is 367 g/mol. The summed E-state index contributed by atoms with van der Waals surface area (Å²) in [6, 6.07) is 2.57. The Bertz CT molecular complexity index is 992. The van der Waals surface area contributed by atoms with Crippen molar-refractivity contribution in [3.8, 4) is 17.1 Å². The molecule has 2 heterocycles. The van der Waals surface area contributed by atoms with Gasteiger partial charge in [0.05, 0.1) is 11.3 Å². The van der Waals surface area contributed by atoms with E-state index in [4.69, 9.17) is 11.6 Å². The molecule has 3 aromatic rings. The summed E-state index contributed by atoms with van der Waals surface area (Å²) in [5, 5.41) is 3.56. The molecule has 0 amide bonds. The van der Waals surface area contributed by atoms with Crippen molar-refractivity contribution in [2.75, 3.05) is 0 Å². The van der Waals surface area contributed by atoms with E-state index < -0.39 is 28.6 Å². The highest BCUT2D eigenvalue weighted by Crippen LogP contribution is 2.31. The summed E-state index contributed by atoms with van der Waals surface area (Å²) >= 11 is 6.10. The molecule has 0 fully saturated rings. The second-order valence-corrected chi connectivity index (χ2v) is 5.33. The number of benzene rings is 1. The monoisotopic (exact) mass is 366 g/mol. The van der Waals surface area contributed by atoms with Gasteiger partial charge in [-0.15, -0.1) is 6.58 Å². The van der Waals surface area contributed by atoms with E-state index in [0.717, 1.165) is 4.57 Å². The lowest BCUT2D eigenvalue weighted by Gasteiger charge is -2.15. The summed E-state index contributed by atoms with van der Waals surface area (Å²) < 4.78 is 43.7. The molecule has 0 atom stereocenters. The molecule has 128 valence electrons. The van der Waals surface area contributed by atoms with Gasteiger partial charge in [0.15, 0.2) is 5.15 Å². The highest BCUT2D eigenvalue weighted by molar-refractivity contribution is 6.31. The van der Waals surface area contributed by atoms with Gasteiger partial charge in [0, 0.05) is 31.1 Å². The maximum Gasteiger partial charge on any atom is 0.296 e. The quantitative estimate of drug-likeness (QED) is 0.665. The van der Waals surface area contributed by atoms with Crippen molar-refractivity contribution in [1.29, 1.82) is 0 Å². The molecule has 0 aliphatic rings. The Balaban J connectivity index is 2.37. The van der Waals surface area contributed by atoms with Gasteiger partial charge < -0.3 is 0 Å². The lowest BCUT2D eigenvalue weighted by molar-refractivity contribution is 0.545. The smallest absolute Gasteiger partial charge is 0.296 e. The van der Waals surface area contributed by atoms with Crippen LogP contribution in [0.5, 0.6) is 0 Å². The molecule has 0 saturated carbocycles. The molecule has 5 nitrogen and oxygen atoms in total. The van der Waals surface area contributed by atoms with Crippen LogP contribution in [0.4, 0.5) is 13.2 Å². The summed E-state index contributed by atoms with van der Waals surface area (Å²) in [5.41, 5.74) is -1.64. The van der Waals surface area contributed by atoms with Gasteiger partial charge in [0.1, 0.15) is 17.5 Å². The second kappa shape index (κ2) is 6.56. The number of hydrogen-bond acceptors (Lipinski definition) is 3. The highest BCUT2D eigenvalue weighted by atomic mass is 35.5. The predicted molar refractivity (Wildman–Crippen MR) is 86.1 cm³/mol. The number of aromatic nitrogens is 4. The number of hydrogen-bond donors (Lipinski definition) is 0. The van der Waals surface area contributed by atoms with Crippen LogP contribution in [0.1, 0.15) is 0 Å². The van der Waals surface area contributed by atoms with Gasteiger partial charge >= 0.3 is 0 Å². The molecule has 0 aliphatic carbocycles. The summed E-state index contributed by atoms with van der Waals surface area (Å²) in [4.78, 5) is 16.6. The first kappa shape index (κ1) is 17.0. The van der Waals surface area contributed by atoms with Gasteiger partial charge in [-0.05, 0) is 6.07 Å². The van der Waals surface area contributed by atoms with Gasteiger partial charge in [-0.3, -0.25) is 9.36 Å². The standard InChI is InChI=1S/C16H10ClF3N4O/c1-2-5-23-13(12-10(19)7-9(18)8-11(12)20)14(17)22-15(16(23)25)24-6-3-4-21-24/h2-4,6-8H,1,5H2. The molecule has 9 heteroatoms. The fraction of sp³-hybridized carbons (Fsp3) is 0.0625. The minimum Gasteiger partial charge on any atom is -0.298 e. The Labute approximate surface area is 144 Å². The first-order valence-electron chi connectivity index (χ1n) is 7.00. The first-order valence-corrected chi connectivity index (χ1v) is 7.38. The van der Waals surface area contributed by atoms with E-state index in [1.54, 1.807) is 6.07 Å². The second-order valence-electron chi connectivity index (χ2n) is 4.97. The summed E-state index contributed by atoms with van der Waals surface area (Å²) in [6.07, 6.45) is 4.25. The zero-order valence-corrected chi connectivity index (χ0v) is 13.3. The maximum absolute atomic E-state index is 14.2. The third kappa shape index (κ3) is 2.96. The largest absolute Gasteiger partial charge is 0.298 e. The SMILES string of the molecule is C=CCn1c(-c2c(F)cc(F)cc2F)c(Cl)nc(-n2cccn2)c1=O. The van der Waals surface area contributed by atoms with Crippen LogP contribution in [0.2, 0.25) is 5.15 Å². The van der Waals surface area contributed by atoms with Crippen LogP contribution >= 0.6 is 11.6 Å². The highest BCUT2D eigenvalue weighted by Gasteiger charge is 2.23.